The zero-order chi connectivity index (χ0) is 8.97. The van der Waals surface area contributed by atoms with Crippen LogP contribution in [-0.2, 0) is 4.79 Å². The molecular formula is C10H19NO. The van der Waals surface area contributed by atoms with Gasteiger partial charge in [-0.3, -0.25) is 4.79 Å². The number of carbonyl (C=O) groups excluding carboxylic acids is 1. The van der Waals surface area contributed by atoms with Gasteiger partial charge in [-0.2, -0.15) is 0 Å². The molecule has 70 valence electrons. The lowest BCUT2D eigenvalue weighted by Gasteiger charge is -2.01. The van der Waals surface area contributed by atoms with Gasteiger partial charge < -0.3 is 5.32 Å². The summed E-state index contributed by atoms with van der Waals surface area (Å²) >= 11 is 0. The molecule has 0 radical (unpaired) electrons. The van der Waals surface area contributed by atoms with Gasteiger partial charge in [0, 0.05) is 12.5 Å². The highest BCUT2D eigenvalue weighted by Crippen LogP contribution is 2.34. The van der Waals surface area contributed by atoms with Crippen molar-refractivity contribution in [1.29, 1.82) is 0 Å². The van der Waals surface area contributed by atoms with E-state index in [1.165, 1.54) is 19.3 Å². The van der Waals surface area contributed by atoms with Crippen molar-refractivity contribution in [2.45, 2.75) is 52.0 Å². The second-order valence-electron chi connectivity index (χ2n) is 3.71. The molecule has 1 amide bonds. The summed E-state index contributed by atoms with van der Waals surface area (Å²) in [7, 11) is 0. The number of hydrogen-bond donors (Lipinski definition) is 1. The molecule has 0 aromatic carbocycles. The van der Waals surface area contributed by atoms with Gasteiger partial charge in [0.05, 0.1) is 0 Å². The van der Waals surface area contributed by atoms with E-state index in [4.69, 9.17) is 0 Å². The fourth-order valence-corrected chi connectivity index (χ4v) is 1.62. The SMILES string of the molecule is CCCC(=O)NC1CC1CCC. The summed E-state index contributed by atoms with van der Waals surface area (Å²) in [4.78, 5) is 11.1. The first kappa shape index (κ1) is 9.56. The van der Waals surface area contributed by atoms with Crippen molar-refractivity contribution in [2.75, 3.05) is 0 Å². The van der Waals surface area contributed by atoms with Crippen LogP contribution in [0.15, 0.2) is 0 Å². The van der Waals surface area contributed by atoms with Crippen molar-refractivity contribution in [3.05, 3.63) is 0 Å². The van der Waals surface area contributed by atoms with Crippen molar-refractivity contribution in [3.63, 3.8) is 0 Å². The van der Waals surface area contributed by atoms with Crippen LogP contribution >= 0.6 is 0 Å². The summed E-state index contributed by atoms with van der Waals surface area (Å²) < 4.78 is 0. The second kappa shape index (κ2) is 4.48. The van der Waals surface area contributed by atoms with Gasteiger partial charge in [-0.05, 0) is 25.2 Å². The van der Waals surface area contributed by atoms with Crippen LogP contribution in [0.4, 0.5) is 0 Å². The molecule has 2 nitrogen and oxygen atoms in total. The van der Waals surface area contributed by atoms with Gasteiger partial charge in [-0.1, -0.05) is 20.3 Å². The standard InChI is InChI=1S/C10H19NO/c1-3-5-8-7-9(8)11-10(12)6-4-2/h8-9H,3-7H2,1-2H3,(H,11,12). The van der Waals surface area contributed by atoms with E-state index < -0.39 is 0 Å². The van der Waals surface area contributed by atoms with Crippen LogP contribution in [0.2, 0.25) is 0 Å². The zero-order valence-electron chi connectivity index (χ0n) is 8.10. The average molecular weight is 169 g/mol. The van der Waals surface area contributed by atoms with Gasteiger partial charge in [-0.25, -0.2) is 0 Å². The van der Waals surface area contributed by atoms with Gasteiger partial charge >= 0.3 is 0 Å². The largest absolute Gasteiger partial charge is 0.353 e. The molecule has 2 atom stereocenters. The van der Waals surface area contributed by atoms with E-state index >= 15 is 0 Å². The van der Waals surface area contributed by atoms with Crippen LogP contribution in [0.3, 0.4) is 0 Å². The molecule has 0 aromatic heterocycles. The van der Waals surface area contributed by atoms with E-state index in [1.54, 1.807) is 0 Å². The number of amides is 1. The third kappa shape index (κ3) is 2.84. The lowest BCUT2D eigenvalue weighted by atomic mass is 10.2. The topological polar surface area (TPSA) is 29.1 Å². The fourth-order valence-electron chi connectivity index (χ4n) is 1.62. The molecule has 2 heteroatoms. The Kier molecular flexibility index (Phi) is 3.57. The lowest BCUT2D eigenvalue weighted by molar-refractivity contribution is -0.121. The smallest absolute Gasteiger partial charge is 0.220 e. The number of hydrogen-bond acceptors (Lipinski definition) is 1. The van der Waals surface area contributed by atoms with Gasteiger partial charge in [0.1, 0.15) is 0 Å². The van der Waals surface area contributed by atoms with Gasteiger partial charge in [0.25, 0.3) is 0 Å². The van der Waals surface area contributed by atoms with Crippen molar-refractivity contribution in [3.8, 4) is 0 Å². The quantitative estimate of drug-likeness (QED) is 0.671. The highest BCUT2D eigenvalue weighted by atomic mass is 16.1. The van der Waals surface area contributed by atoms with Crippen molar-refractivity contribution >= 4 is 5.91 Å². The monoisotopic (exact) mass is 169 g/mol. The summed E-state index contributed by atoms with van der Waals surface area (Å²) in [5.41, 5.74) is 0. The normalized spacial score (nSPS) is 26.8. The summed E-state index contributed by atoms with van der Waals surface area (Å²) in [6.45, 7) is 4.24. The molecule has 1 aliphatic carbocycles. The maximum atomic E-state index is 11.1. The van der Waals surface area contributed by atoms with E-state index in [1.807, 2.05) is 6.92 Å². The van der Waals surface area contributed by atoms with Gasteiger partial charge in [0.2, 0.25) is 5.91 Å². The van der Waals surface area contributed by atoms with E-state index in [0.717, 1.165) is 12.3 Å². The van der Waals surface area contributed by atoms with Crippen LogP contribution in [0.5, 0.6) is 0 Å². The Morgan fingerprint density at radius 1 is 1.42 bits per heavy atom. The van der Waals surface area contributed by atoms with Gasteiger partial charge in [-0.15, -0.1) is 0 Å². The second-order valence-corrected chi connectivity index (χ2v) is 3.71. The van der Waals surface area contributed by atoms with E-state index in [0.29, 0.717) is 12.5 Å². The Labute approximate surface area is 74.7 Å². The molecule has 1 rings (SSSR count). The first-order chi connectivity index (χ1) is 5.77. The van der Waals surface area contributed by atoms with Crippen LogP contribution in [-0.4, -0.2) is 11.9 Å². The molecule has 1 aliphatic rings. The zero-order valence-corrected chi connectivity index (χ0v) is 8.10. The minimum absolute atomic E-state index is 0.237. The van der Waals surface area contributed by atoms with E-state index in [9.17, 15) is 4.79 Å². The summed E-state index contributed by atoms with van der Waals surface area (Å²) in [6, 6.07) is 0.518. The minimum atomic E-state index is 0.237. The predicted molar refractivity (Wildman–Crippen MR) is 49.9 cm³/mol. The molecule has 1 fully saturated rings. The maximum absolute atomic E-state index is 11.1. The van der Waals surface area contributed by atoms with Crippen LogP contribution in [0.1, 0.15) is 46.0 Å². The Morgan fingerprint density at radius 3 is 2.75 bits per heavy atom. The molecule has 2 unspecified atom stereocenters. The van der Waals surface area contributed by atoms with Crippen LogP contribution < -0.4 is 5.32 Å². The summed E-state index contributed by atoms with van der Waals surface area (Å²) in [5.74, 6) is 1.02. The van der Waals surface area contributed by atoms with Crippen molar-refractivity contribution in [2.24, 2.45) is 5.92 Å². The average Bonchev–Trinajstić information content (AvgIpc) is 2.69. The third-order valence-electron chi connectivity index (χ3n) is 2.41. The molecule has 1 saturated carbocycles. The Hall–Kier alpha value is -0.530. The molecule has 12 heavy (non-hydrogen) atoms. The predicted octanol–water partition coefficient (Wildman–Crippen LogP) is 2.09. The highest BCUT2D eigenvalue weighted by Gasteiger charge is 2.36. The fraction of sp³-hybridized carbons (Fsp3) is 0.900. The van der Waals surface area contributed by atoms with Crippen LogP contribution in [0.25, 0.3) is 0 Å². The van der Waals surface area contributed by atoms with E-state index in [-0.39, 0.29) is 5.91 Å². The lowest BCUT2D eigenvalue weighted by Crippen LogP contribution is -2.26. The Bertz CT molecular complexity index is 156. The number of carbonyl (C=O) groups is 1. The summed E-state index contributed by atoms with van der Waals surface area (Å²) in [5, 5.41) is 3.05. The first-order valence-electron chi connectivity index (χ1n) is 5.07. The molecule has 0 heterocycles. The van der Waals surface area contributed by atoms with E-state index in [2.05, 4.69) is 12.2 Å². The molecule has 0 bridgehead atoms. The maximum Gasteiger partial charge on any atom is 0.220 e. The molecule has 0 spiro atoms. The summed E-state index contributed by atoms with van der Waals surface area (Å²) in [6.07, 6.45) is 5.37. The minimum Gasteiger partial charge on any atom is -0.353 e. The molecular weight excluding hydrogens is 150 g/mol. The first-order valence-corrected chi connectivity index (χ1v) is 5.07. The van der Waals surface area contributed by atoms with Crippen molar-refractivity contribution in [1.82, 2.24) is 5.32 Å². The van der Waals surface area contributed by atoms with Crippen molar-refractivity contribution < 1.29 is 4.79 Å². The number of nitrogens with one attached hydrogen (secondary N) is 1. The molecule has 0 saturated heterocycles. The molecule has 1 N–H and O–H groups in total. The molecule has 0 aliphatic heterocycles. The Morgan fingerprint density at radius 2 is 2.17 bits per heavy atom. The molecule has 0 aromatic rings. The highest BCUT2D eigenvalue weighted by molar-refractivity contribution is 5.76. The van der Waals surface area contributed by atoms with Gasteiger partial charge in [0.15, 0.2) is 0 Å². The van der Waals surface area contributed by atoms with Crippen LogP contribution in [0, 0.1) is 5.92 Å². The third-order valence-corrected chi connectivity index (χ3v) is 2.41. The number of rotatable bonds is 5. The Balaban J connectivity index is 2.06.